The molecule has 0 radical (unpaired) electrons. The third kappa shape index (κ3) is 4.00. The Morgan fingerprint density at radius 1 is 1.23 bits per heavy atom. The molecular formula is C13H16F3NO4S. The van der Waals surface area contributed by atoms with Crippen molar-refractivity contribution in [1.82, 2.24) is 0 Å². The molecule has 2 rings (SSSR count). The zero-order valence-electron chi connectivity index (χ0n) is 11.8. The molecule has 0 N–H and O–H groups in total. The summed E-state index contributed by atoms with van der Waals surface area (Å²) in [4.78, 5) is -0.658. The number of nitriles is 1. The van der Waals surface area contributed by atoms with Crippen LogP contribution in [-0.4, -0.2) is 39.3 Å². The normalized spacial score (nSPS) is 21.8. The fourth-order valence-electron chi connectivity index (χ4n) is 2.81. The molecule has 0 aromatic rings. The van der Waals surface area contributed by atoms with Crippen molar-refractivity contribution in [1.29, 1.82) is 5.26 Å². The van der Waals surface area contributed by atoms with Crippen LogP contribution in [0.3, 0.4) is 0 Å². The quantitative estimate of drug-likeness (QED) is 0.789. The lowest BCUT2D eigenvalue weighted by atomic mass is 9.89. The lowest BCUT2D eigenvalue weighted by molar-refractivity contribution is -0.171. The average Bonchev–Trinajstić information content (AvgIpc) is 2.85. The Hall–Kier alpha value is -1.11. The van der Waals surface area contributed by atoms with E-state index in [1.54, 1.807) is 0 Å². The number of rotatable bonds is 3. The molecule has 0 aromatic carbocycles. The summed E-state index contributed by atoms with van der Waals surface area (Å²) in [6.07, 6.45) is -5.19. The molecule has 1 aliphatic carbocycles. The lowest BCUT2D eigenvalue weighted by Gasteiger charge is -2.33. The lowest BCUT2D eigenvalue weighted by Crippen LogP contribution is -2.34. The van der Waals surface area contributed by atoms with E-state index in [4.69, 9.17) is 14.7 Å². The van der Waals surface area contributed by atoms with Gasteiger partial charge in [-0.2, -0.15) is 18.4 Å². The van der Waals surface area contributed by atoms with E-state index in [9.17, 15) is 21.6 Å². The Balaban J connectivity index is 2.27. The molecule has 1 saturated carbocycles. The Labute approximate surface area is 126 Å². The Kier molecular flexibility index (Phi) is 4.84. The molecule has 22 heavy (non-hydrogen) atoms. The largest absolute Gasteiger partial charge is 0.393 e. The van der Waals surface area contributed by atoms with Crippen molar-refractivity contribution in [3.8, 4) is 6.07 Å². The third-order valence-corrected chi connectivity index (χ3v) is 5.51. The first kappa shape index (κ1) is 17.2. The summed E-state index contributed by atoms with van der Waals surface area (Å²) in [5, 5.41) is 8.54. The SMILES string of the molecule is N#CCS(=O)(=O)C(CC(F)(F)F)=C1CCC2(CC1)OCCO2. The van der Waals surface area contributed by atoms with Crippen molar-refractivity contribution in [2.24, 2.45) is 0 Å². The molecule has 1 saturated heterocycles. The van der Waals surface area contributed by atoms with Gasteiger partial charge >= 0.3 is 6.18 Å². The molecule has 1 spiro atoms. The molecule has 2 aliphatic rings. The van der Waals surface area contributed by atoms with Crippen molar-refractivity contribution >= 4 is 9.84 Å². The second kappa shape index (κ2) is 6.18. The Bertz CT molecular complexity index is 586. The minimum absolute atomic E-state index is 0.163. The van der Waals surface area contributed by atoms with Gasteiger partial charge in [0.2, 0.25) is 0 Å². The minimum Gasteiger partial charge on any atom is -0.348 e. The van der Waals surface area contributed by atoms with E-state index >= 15 is 0 Å². The van der Waals surface area contributed by atoms with Gasteiger partial charge in [-0.3, -0.25) is 0 Å². The molecule has 124 valence electrons. The highest BCUT2D eigenvalue weighted by atomic mass is 32.2. The molecule has 5 nitrogen and oxygen atoms in total. The molecule has 0 aromatic heterocycles. The Morgan fingerprint density at radius 3 is 2.23 bits per heavy atom. The molecule has 0 amide bonds. The van der Waals surface area contributed by atoms with Crippen LogP contribution in [0, 0.1) is 11.3 Å². The van der Waals surface area contributed by atoms with E-state index in [2.05, 4.69) is 0 Å². The Morgan fingerprint density at radius 2 is 1.77 bits per heavy atom. The molecule has 2 fully saturated rings. The summed E-state index contributed by atoms with van der Waals surface area (Å²) in [6.45, 7) is 0.863. The van der Waals surface area contributed by atoms with Crippen LogP contribution < -0.4 is 0 Å². The molecule has 0 bridgehead atoms. The first-order valence-corrected chi connectivity index (χ1v) is 8.48. The van der Waals surface area contributed by atoms with Crippen molar-refractivity contribution in [3.63, 3.8) is 0 Å². The van der Waals surface area contributed by atoms with Crippen LogP contribution in [-0.2, 0) is 19.3 Å². The fraction of sp³-hybridized carbons (Fsp3) is 0.769. The van der Waals surface area contributed by atoms with Gasteiger partial charge in [-0.1, -0.05) is 5.57 Å². The van der Waals surface area contributed by atoms with E-state index in [0.29, 0.717) is 26.1 Å². The second-order valence-corrected chi connectivity index (χ2v) is 7.35. The average molecular weight is 339 g/mol. The molecule has 0 atom stereocenters. The zero-order valence-corrected chi connectivity index (χ0v) is 12.6. The maximum atomic E-state index is 12.7. The van der Waals surface area contributed by atoms with Gasteiger partial charge in [0.25, 0.3) is 0 Å². The van der Waals surface area contributed by atoms with E-state index in [1.165, 1.54) is 6.07 Å². The molecule has 1 aliphatic heterocycles. The standard InChI is InChI=1S/C13H16F3NO4S/c14-13(15,16)9-11(22(18,19)8-5-17)10-1-3-12(4-2-10)20-6-7-21-12/h1-4,6-9H2. The topological polar surface area (TPSA) is 76.4 Å². The van der Waals surface area contributed by atoms with Crippen molar-refractivity contribution in [2.75, 3.05) is 19.0 Å². The predicted molar refractivity (Wildman–Crippen MR) is 70.2 cm³/mol. The second-order valence-electron chi connectivity index (χ2n) is 5.34. The summed E-state index contributed by atoms with van der Waals surface area (Å²) in [6, 6.07) is 1.42. The van der Waals surface area contributed by atoms with Crippen molar-refractivity contribution in [3.05, 3.63) is 10.5 Å². The van der Waals surface area contributed by atoms with Crippen LogP contribution in [0.25, 0.3) is 0 Å². The first-order valence-electron chi connectivity index (χ1n) is 6.83. The van der Waals surface area contributed by atoms with Gasteiger partial charge in [-0.25, -0.2) is 8.42 Å². The molecule has 1 heterocycles. The maximum Gasteiger partial charge on any atom is 0.393 e. The third-order valence-electron chi connectivity index (χ3n) is 3.81. The van der Waals surface area contributed by atoms with Crippen molar-refractivity contribution in [2.45, 2.75) is 44.1 Å². The van der Waals surface area contributed by atoms with Crippen molar-refractivity contribution < 1.29 is 31.1 Å². The van der Waals surface area contributed by atoms with E-state index in [0.717, 1.165) is 0 Å². The number of nitrogens with zero attached hydrogens (tertiary/aromatic N) is 1. The summed E-state index contributed by atoms with van der Waals surface area (Å²) in [7, 11) is -4.22. The molecule has 0 unspecified atom stereocenters. The fourth-order valence-corrected chi connectivity index (χ4v) is 4.18. The van der Waals surface area contributed by atoms with Crippen LogP contribution in [0.5, 0.6) is 0 Å². The predicted octanol–water partition coefficient (Wildman–Crippen LogP) is 2.45. The van der Waals surface area contributed by atoms with Gasteiger partial charge in [0.1, 0.15) is 5.75 Å². The van der Waals surface area contributed by atoms with Gasteiger partial charge in [-0.05, 0) is 12.8 Å². The van der Waals surface area contributed by atoms with Gasteiger partial charge in [0, 0.05) is 12.8 Å². The number of sulfone groups is 1. The molecular weight excluding hydrogens is 323 g/mol. The van der Waals surface area contributed by atoms with Crippen LogP contribution in [0.2, 0.25) is 0 Å². The smallest absolute Gasteiger partial charge is 0.348 e. The maximum absolute atomic E-state index is 12.7. The number of hydrogen-bond acceptors (Lipinski definition) is 5. The van der Waals surface area contributed by atoms with Crippen LogP contribution >= 0.6 is 0 Å². The number of ether oxygens (including phenoxy) is 2. The highest BCUT2D eigenvalue weighted by Crippen LogP contribution is 2.41. The highest BCUT2D eigenvalue weighted by Gasteiger charge is 2.42. The van der Waals surface area contributed by atoms with Crippen LogP contribution in [0.4, 0.5) is 13.2 Å². The number of allylic oxidation sites excluding steroid dienone is 2. The van der Waals surface area contributed by atoms with Gasteiger partial charge in [-0.15, -0.1) is 0 Å². The number of halogens is 3. The van der Waals surface area contributed by atoms with Gasteiger partial charge in [0.15, 0.2) is 15.6 Å². The summed E-state index contributed by atoms with van der Waals surface area (Å²) in [5.74, 6) is -1.73. The first-order chi connectivity index (χ1) is 10.2. The highest BCUT2D eigenvalue weighted by molar-refractivity contribution is 7.95. The van der Waals surface area contributed by atoms with Crippen LogP contribution in [0.1, 0.15) is 32.1 Å². The van der Waals surface area contributed by atoms with Gasteiger partial charge in [0.05, 0.1) is 30.6 Å². The van der Waals surface area contributed by atoms with Gasteiger partial charge < -0.3 is 9.47 Å². The van der Waals surface area contributed by atoms with Crippen LogP contribution in [0.15, 0.2) is 10.5 Å². The monoisotopic (exact) mass is 339 g/mol. The van der Waals surface area contributed by atoms with E-state index < -0.39 is 38.9 Å². The number of hydrogen-bond donors (Lipinski definition) is 0. The summed E-state index contributed by atoms with van der Waals surface area (Å²) >= 11 is 0. The summed E-state index contributed by atoms with van der Waals surface area (Å²) in [5.41, 5.74) is 0.234. The summed E-state index contributed by atoms with van der Waals surface area (Å²) < 4.78 is 73.0. The number of alkyl halides is 3. The molecule has 9 heteroatoms. The minimum atomic E-state index is -4.64. The zero-order chi connectivity index (χ0) is 16.4. The van der Waals surface area contributed by atoms with E-state index in [1.807, 2.05) is 0 Å². The van der Waals surface area contributed by atoms with E-state index in [-0.39, 0.29) is 18.4 Å².